The van der Waals surface area contributed by atoms with E-state index in [-0.39, 0.29) is 31.2 Å². The highest BCUT2D eigenvalue weighted by Crippen LogP contribution is 2.35. The van der Waals surface area contributed by atoms with E-state index < -0.39 is 15.9 Å². The SMILES string of the molecule is CCCn1c(=NC(=O)c2ccc(S(=O)(=O)N(CCOC)CCOC)cc2)sc2cc3c(cc21)OCCO3. The predicted molar refractivity (Wildman–Crippen MR) is 140 cm³/mol. The summed E-state index contributed by atoms with van der Waals surface area (Å²) >= 11 is 1.40. The van der Waals surface area contributed by atoms with Crippen molar-refractivity contribution in [3.05, 3.63) is 46.8 Å². The van der Waals surface area contributed by atoms with Crippen LogP contribution >= 0.6 is 11.3 Å². The summed E-state index contributed by atoms with van der Waals surface area (Å²) in [5, 5.41) is 0. The summed E-state index contributed by atoms with van der Waals surface area (Å²) in [5.74, 6) is 0.915. The Labute approximate surface area is 220 Å². The number of methoxy groups -OCH3 is 2. The van der Waals surface area contributed by atoms with Gasteiger partial charge in [0.2, 0.25) is 10.0 Å². The van der Waals surface area contributed by atoms with Crippen LogP contribution in [0, 0.1) is 0 Å². The zero-order valence-corrected chi connectivity index (χ0v) is 22.8. The maximum atomic E-state index is 13.1. The Morgan fingerprint density at radius 2 is 1.68 bits per heavy atom. The van der Waals surface area contributed by atoms with Gasteiger partial charge in [-0.2, -0.15) is 9.30 Å². The number of thiazole rings is 1. The van der Waals surface area contributed by atoms with Crippen LogP contribution in [-0.2, 0) is 26.0 Å². The van der Waals surface area contributed by atoms with Gasteiger partial charge in [-0.05, 0) is 30.7 Å². The number of benzene rings is 2. The number of aryl methyl sites for hydroxylation is 1. The van der Waals surface area contributed by atoms with Gasteiger partial charge in [-0.1, -0.05) is 18.3 Å². The van der Waals surface area contributed by atoms with Gasteiger partial charge in [-0.15, -0.1) is 0 Å². The molecule has 1 aliphatic heterocycles. The maximum absolute atomic E-state index is 13.1. The van der Waals surface area contributed by atoms with Crippen LogP contribution in [0.5, 0.6) is 11.5 Å². The Morgan fingerprint density at radius 1 is 1.05 bits per heavy atom. The van der Waals surface area contributed by atoms with Crippen molar-refractivity contribution in [3.63, 3.8) is 0 Å². The van der Waals surface area contributed by atoms with Crippen molar-refractivity contribution >= 4 is 37.5 Å². The summed E-state index contributed by atoms with van der Waals surface area (Å²) < 4.78 is 52.0. The molecule has 2 heterocycles. The third-order valence-corrected chi connectivity index (χ3v) is 8.77. The van der Waals surface area contributed by atoms with Crippen LogP contribution in [0.1, 0.15) is 23.7 Å². The molecule has 3 aromatic rings. The lowest BCUT2D eigenvalue weighted by Gasteiger charge is -2.21. The zero-order valence-electron chi connectivity index (χ0n) is 21.1. The van der Waals surface area contributed by atoms with E-state index in [1.165, 1.54) is 54.1 Å². The fraction of sp³-hybridized carbons (Fsp3) is 0.440. The number of nitrogens with zero attached hydrogens (tertiary/aromatic N) is 3. The van der Waals surface area contributed by atoms with Gasteiger partial charge < -0.3 is 23.5 Å². The Balaban J connectivity index is 1.63. The zero-order chi connectivity index (χ0) is 26.4. The Kier molecular flexibility index (Phi) is 8.98. The summed E-state index contributed by atoms with van der Waals surface area (Å²) in [6.45, 7) is 4.63. The van der Waals surface area contributed by atoms with Crippen LogP contribution in [0.4, 0.5) is 0 Å². The van der Waals surface area contributed by atoms with Crippen molar-refractivity contribution in [2.24, 2.45) is 4.99 Å². The average molecular weight is 550 g/mol. The van der Waals surface area contributed by atoms with E-state index in [9.17, 15) is 13.2 Å². The van der Waals surface area contributed by atoms with Crippen molar-refractivity contribution in [1.29, 1.82) is 0 Å². The molecule has 37 heavy (non-hydrogen) atoms. The van der Waals surface area contributed by atoms with E-state index >= 15 is 0 Å². The lowest BCUT2D eigenvalue weighted by Crippen LogP contribution is -2.36. The molecular weight excluding hydrogens is 518 g/mol. The number of carbonyl (C=O) groups is 1. The van der Waals surface area contributed by atoms with Crippen LogP contribution in [0.3, 0.4) is 0 Å². The molecule has 0 bridgehead atoms. The van der Waals surface area contributed by atoms with Crippen LogP contribution < -0.4 is 14.3 Å². The summed E-state index contributed by atoms with van der Waals surface area (Å²) in [5.41, 5.74) is 1.22. The fourth-order valence-electron chi connectivity index (χ4n) is 3.94. The number of amides is 1. The molecule has 0 unspecified atom stereocenters. The normalized spacial score (nSPS) is 14.0. The summed E-state index contributed by atoms with van der Waals surface area (Å²) in [4.78, 5) is 18.1. The number of aromatic nitrogens is 1. The molecule has 12 heteroatoms. The second-order valence-corrected chi connectivity index (χ2v) is 11.3. The molecule has 1 aliphatic rings. The van der Waals surface area contributed by atoms with Gasteiger partial charge in [0.15, 0.2) is 16.3 Å². The molecule has 10 nitrogen and oxygen atoms in total. The minimum absolute atomic E-state index is 0.0877. The Morgan fingerprint density at radius 3 is 2.27 bits per heavy atom. The first-order valence-corrected chi connectivity index (χ1v) is 14.2. The molecule has 1 aromatic heterocycles. The third-order valence-electron chi connectivity index (χ3n) is 5.82. The first-order valence-electron chi connectivity index (χ1n) is 12.0. The molecule has 1 amide bonds. The topological polar surface area (TPSA) is 109 Å². The van der Waals surface area contributed by atoms with Crippen molar-refractivity contribution in [2.75, 3.05) is 53.7 Å². The molecule has 0 fully saturated rings. The molecule has 0 spiro atoms. The van der Waals surface area contributed by atoms with Gasteiger partial charge in [-0.3, -0.25) is 4.79 Å². The number of hydrogen-bond acceptors (Lipinski definition) is 8. The molecule has 0 radical (unpaired) electrons. The second kappa shape index (κ2) is 12.2. The van der Waals surface area contributed by atoms with E-state index in [4.69, 9.17) is 18.9 Å². The first kappa shape index (κ1) is 27.3. The second-order valence-electron chi connectivity index (χ2n) is 8.33. The van der Waals surface area contributed by atoms with Crippen LogP contribution in [0.2, 0.25) is 0 Å². The van der Waals surface area contributed by atoms with E-state index in [0.717, 1.165) is 16.6 Å². The number of sulfonamides is 1. The average Bonchev–Trinajstić information content (AvgIpc) is 3.23. The van der Waals surface area contributed by atoms with Crippen molar-refractivity contribution in [2.45, 2.75) is 24.8 Å². The molecule has 2 aromatic carbocycles. The third kappa shape index (κ3) is 6.04. The molecule has 0 atom stereocenters. The Hall–Kier alpha value is -2.77. The van der Waals surface area contributed by atoms with Crippen molar-refractivity contribution in [1.82, 2.24) is 8.87 Å². The number of hydrogen-bond donors (Lipinski definition) is 0. The quantitative estimate of drug-likeness (QED) is 0.362. The molecule has 0 N–H and O–H groups in total. The van der Waals surface area contributed by atoms with Gasteiger partial charge >= 0.3 is 0 Å². The van der Waals surface area contributed by atoms with Crippen LogP contribution in [-0.4, -0.2) is 76.9 Å². The van der Waals surface area contributed by atoms with Gasteiger partial charge in [-0.25, -0.2) is 8.42 Å². The molecule has 0 aliphatic carbocycles. The van der Waals surface area contributed by atoms with Crippen molar-refractivity contribution in [3.8, 4) is 11.5 Å². The molecule has 200 valence electrons. The highest BCUT2D eigenvalue weighted by atomic mass is 32.2. The van der Waals surface area contributed by atoms with Crippen LogP contribution in [0.15, 0.2) is 46.3 Å². The number of carbonyl (C=O) groups excluding carboxylic acids is 1. The minimum atomic E-state index is -3.78. The summed E-state index contributed by atoms with van der Waals surface area (Å²) in [6, 6.07) is 9.68. The lowest BCUT2D eigenvalue weighted by atomic mass is 10.2. The minimum Gasteiger partial charge on any atom is -0.486 e. The standard InChI is InChI=1S/C25H31N3O7S2/c1-4-9-28-20-16-21-22(35-15-14-34-21)17-23(20)36-25(28)26-24(29)18-5-7-19(8-6-18)37(30,31)27(10-12-32-2)11-13-33-3/h5-8,16-17H,4,9-15H2,1-3H3. The maximum Gasteiger partial charge on any atom is 0.279 e. The largest absolute Gasteiger partial charge is 0.486 e. The Bertz CT molecular complexity index is 1400. The molecule has 0 saturated carbocycles. The number of fused-ring (bicyclic) bond motifs is 2. The highest BCUT2D eigenvalue weighted by molar-refractivity contribution is 7.89. The number of ether oxygens (including phenoxy) is 4. The van der Waals surface area contributed by atoms with Crippen LogP contribution in [0.25, 0.3) is 10.2 Å². The van der Waals surface area contributed by atoms with Gasteiger partial charge in [0.1, 0.15) is 13.2 Å². The summed E-state index contributed by atoms with van der Waals surface area (Å²) in [6.07, 6.45) is 0.858. The summed E-state index contributed by atoms with van der Waals surface area (Å²) in [7, 11) is -0.750. The molecule has 0 saturated heterocycles. The van der Waals surface area contributed by atoms with E-state index in [1.54, 1.807) is 0 Å². The monoisotopic (exact) mass is 549 g/mol. The highest BCUT2D eigenvalue weighted by Gasteiger charge is 2.24. The van der Waals surface area contributed by atoms with Gasteiger partial charge in [0.25, 0.3) is 5.91 Å². The lowest BCUT2D eigenvalue weighted by molar-refractivity contribution is 0.0997. The van der Waals surface area contributed by atoms with Gasteiger partial charge in [0, 0.05) is 51.6 Å². The fourth-order valence-corrected chi connectivity index (χ4v) is 6.41. The predicted octanol–water partition coefficient (Wildman–Crippen LogP) is 2.91. The van der Waals surface area contributed by atoms with E-state index in [2.05, 4.69) is 11.9 Å². The number of rotatable bonds is 11. The van der Waals surface area contributed by atoms with E-state index in [1.807, 2.05) is 16.7 Å². The van der Waals surface area contributed by atoms with Gasteiger partial charge in [0.05, 0.1) is 28.3 Å². The van der Waals surface area contributed by atoms with E-state index in [0.29, 0.717) is 41.6 Å². The smallest absolute Gasteiger partial charge is 0.279 e. The molecular formula is C25H31N3O7S2. The van der Waals surface area contributed by atoms with Crippen molar-refractivity contribution < 1.29 is 32.2 Å². The first-order chi connectivity index (χ1) is 17.9. The molecule has 4 rings (SSSR count).